The first-order valence-corrected chi connectivity index (χ1v) is 11.9. The number of anilines is 1. The van der Waals surface area contributed by atoms with Crippen LogP contribution in [0.25, 0.3) is 0 Å². The molecule has 0 spiro atoms. The maximum absolute atomic E-state index is 12.9. The van der Waals surface area contributed by atoms with Gasteiger partial charge < -0.3 is 43.6 Å². The summed E-state index contributed by atoms with van der Waals surface area (Å²) in [5.74, 6) is -0.643. The molecule has 1 aliphatic rings. The van der Waals surface area contributed by atoms with Gasteiger partial charge in [-0.2, -0.15) is 4.98 Å². The van der Waals surface area contributed by atoms with E-state index in [-0.39, 0.29) is 41.5 Å². The summed E-state index contributed by atoms with van der Waals surface area (Å²) in [6.07, 6.45) is -2.93. The van der Waals surface area contributed by atoms with Crippen LogP contribution in [-0.2, 0) is 23.8 Å². The summed E-state index contributed by atoms with van der Waals surface area (Å²) in [4.78, 5) is 53.0. The lowest BCUT2D eigenvalue weighted by Gasteiger charge is -2.23. The molecule has 39 heavy (non-hydrogen) atoms. The van der Waals surface area contributed by atoms with Crippen LogP contribution in [0.15, 0.2) is 29.2 Å². The number of esters is 1. The van der Waals surface area contributed by atoms with E-state index in [4.69, 9.17) is 28.4 Å². The highest BCUT2D eigenvalue weighted by Gasteiger charge is 2.48. The fourth-order valence-electron chi connectivity index (χ4n) is 4.04. The summed E-state index contributed by atoms with van der Waals surface area (Å²) < 4.78 is 33.5. The number of carbonyl (C=O) groups excluding carboxylic acids is 3. The minimum Gasteiger partial charge on any atom is -0.493 e. The van der Waals surface area contributed by atoms with E-state index < -0.39 is 48.7 Å². The number of amides is 1. The molecular formula is C25H31N3O11. The average molecular weight is 550 g/mol. The Bertz CT molecular complexity index is 1240. The van der Waals surface area contributed by atoms with E-state index in [1.807, 2.05) is 0 Å². The standard InChI is InChI=1S/C25H31N3O11/c1-13(30)6-7-19(31)39-21-17(12-29)38-24(22(21)37-5)28-9-8-18(27-25(28)33)26-23(32)14-10-15(34-2)20(36-4)16(11-14)35-3/h8-11,17,21-22,24,29H,6-7,12H2,1-5H3,(H,26,27,32,33). The zero-order valence-corrected chi connectivity index (χ0v) is 22.2. The number of rotatable bonds is 12. The Labute approximate surface area is 223 Å². The number of aliphatic hydroxyl groups excluding tert-OH is 1. The molecule has 1 aromatic heterocycles. The molecule has 4 atom stereocenters. The molecule has 3 rings (SSSR count). The van der Waals surface area contributed by atoms with Crippen LogP contribution in [0.2, 0.25) is 0 Å². The Hall–Kier alpha value is -4.01. The van der Waals surface area contributed by atoms with Crippen molar-refractivity contribution in [3.8, 4) is 17.2 Å². The summed E-state index contributed by atoms with van der Waals surface area (Å²) in [6, 6.07) is 4.26. The molecule has 14 heteroatoms. The molecule has 212 valence electrons. The summed E-state index contributed by atoms with van der Waals surface area (Å²) in [6.45, 7) is 0.832. The third-order valence-corrected chi connectivity index (χ3v) is 5.96. The third-order valence-electron chi connectivity index (χ3n) is 5.96. The molecule has 0 saturated carbocycles. The van der Waals surface area contributed by atoms with Gasteiger partial charge in [0.15, 0.2) is 23.8 Å². The molecule has 2 heterocycles. The Balaban J connectivity index is 1.80. The molecule has 1 amide bonds. The molecule has 1 saturated heterocycles. The number of hydrogen-bond donors (Lipinski definition) is 2. The van der Waals surface area contributed by atoms with E-state index in [1.165, 1.54) is 59.8 Å². The SMILES string of the molecule is COc1cc(C(=O)Nc2ccn(C3OC(CO)C(OC(=O)CCC(C)=O)C3OC)c(=O)n2)cc(OC)c1OC. The summed E-state index contributed by atoms with van der Waals surface area (Å²) >= 11 is 0. The van der Waals surface area contributed by atoms with Crippen LogP contribution in [0.5, 0.6) is 17.2 Å². The van der Waals surface area contributed by atoms with Crippen LogP contribution in [0, 0.1) is 0 Å². The number of ketones is 1. The maximum Gasteiger partial charge on any atom is 0.351 e. The molecule has 1 fully saturated rings. The first-order chi connectivity index (χ1) is 18.7. The van der Waals surface area contributed by atoms with Crippen molar-refractivity contribution in [2.75, 3.05) is 40.4 Å². The lowest BCUT2D eigenvalue weighted by Crippen LogP contribution is -2.40. The number of carbonyl (C=O) groups is 3. The maximum atomic E-state index is 12.9. The van der Waals surface area contributed by atoms with Gasteiger partial charge in [-0.3, -0.25) is 14.2 Å². The van der Waals surface area contributed by atoms with Gasteiger partial charge in [0.25, 0.3) is 5.91 Å². The van der Waals surface area contributed by atoms with Crippen molar-refractivity contribution < 1.29 is 47.9 Å². The Morgan fingerprint density at radius 3 is 2.23 bits per heavy atom. The van der Waals surface area contributed by atoms with Gasteiger partial charge >= 0.3 is 11.7 Å². The molecule has 1 aromatic carbocycles. The van der Waals surface area contributed by atoms with Crippen molar-refractivity contribution >= 4 is 23.5 Å². The van der Waals surface area contributed by atoms with Crippen LogP contribution in [0.1, 0.15) is 36.4 Å². The van der Waals surface area contributed by atoms with Crippen molar-refractivity contribution in [3.63, 3.8) is 0 Å². The minimum atomic E-state index is -1.10. The lowest BCUT2D eigenvalue weighted by molar-refractivity contribution is -0.158. The number of ether oxygens (including phenoxy) is 6. The van der Waals surface area contributed by atoms with Crippen molar-refractivity contribution in [2.45, 2.75) is 44.3 Å². The van der Waals surface area contributed by atoms with Crippen LogP contribution in [0.3, 0.4) is 0 Å². The average Bonchev–Trinajstić information content (AvgIpc) is 3.27. The van der Waals surface area contributed by atoms with Gasteiger partial charge in [0.05, 0.1) is 34.4 Å². The van der Waals surface area contributed by atoms with E-state index >= 15 is 0 Å². The van der Waals surface area contributed by atoms with Gasteiger partial charge in [-0.15, -0.1) is 0 Å². The van der Waals surface area contributed by atoms with E-state index in [2.05, 4.69) is 10.3 Å². The number of hydrogen-bond acceptors (Lipinski definition) is 12. The van der Waals surface area contributed by atoms with Gasteiger partial charge in [-0.25, -0.2) is 4.79 Å². The molecule has 2 N–H and O–H groups in total. The second kappa shape index (κ2) is 13.2. The number of nitrogens with one attached hydrogen (secondary N) is 1. The Morgan fingerprint density at radius 1 is 1.05 bits per heavy atom. The molecule has 0 aliphatic carbocycles. The van der Waals surface area contributed by atoms with Crippen molar-refractivity contribution in [3.05, 3.63) is 40.4 Å². The number of Topliss-reactive ketones (excluding diaryl/α,β-unsaturated/α-hetero) is 1. The topological polar surface area (TPSA) is 174 Å². The van der Waals surface area contributed by atoms with E-state index in [1.54, 1.807) is 0 Å². The fraction of sp³-hybridized carbons (Fsp3) is 0.480. The van der Waals surface area contributed by atoms with Gasteiger partial charge in [0, 0.05) is 25.3 Å². The second-order valence-corrected chi connectivity index (χ2v) is 8.48. The highest BCUT2D eigenvalue weighted by Crippen LogP contribution is 2.38. The molecular weight excluding hydrogens is 518 g/mol. The highest BCUT2D eigenvalue weighted by molar-refractivity contribution is 6.04. The van der Waals surface area contributed by atoms with Gasteiger partial charge in [-0.05, 0) is 25.1 Å². The smallest absolute Gasteiger partial charge is 0.351 e. The van der Waals surface area contributed by atoms with Crippen molar-refractivity contribution in [1.82, 2.24) is 9.55 Å². The Kier molecular flexibility index (Phi) is 9.98. The predicted octanol–water partition coefficient (Wildman–Crippen LogP) is 0.707. The number of benzene rings is 1. The van der Waals surface area contributed by atoms with Gasteiger partial charge in [-0.1, -0.05) is 0 Å². The first kappa shape index (κ1) is 29.5. The van der Waals surface area contributed by atoms with Crippen LogP contribution < -0.4 is 25.2 Å². The first-order valence-electron chi connectivity index (χ1n) is 11.9. The number of aromatic nitrogens is 2. The monoisotopic (exact) mass is 549 g/mol. The largest absolute Gasteiger partial charge is 0.493 e. The van der Waals surface area contributed by atoms with Gasteiger partial charge in [0.1, 0.15) is 23.8 Å². The zero-order chi connectivity index (χ0) is 28.7. The van der Waals surface area contributed by atoms with Crippen LogP contribution in [-0.4, -0.2) is 85.7 Å². The minimum absolute atomic E-state index is 0.00390. The molecule has 2 aromatic rings. The lowest BCUT2D eigenvalue weighted by atomic mass is 10.1. The summed E-state index contributed by atoms with van der Waals surface area (Å²) in [7, 11) is 5.60. The van der Waals surface area contributed by atoms with Crippen molar-refractivity contribution in [2.24, 2.45) is 0 Å². The second-order valence-electron chi connectivity index (χ2n) is 8.48. The normalized spacial score (nSPS) is 20.3. The quantitative estimate of drug-likeness (QED) is 0.355. The van der Waals surface area contributed by atoms with E-state index in [9.17, 15) is 24.3 Å². The fourth-order valence-corrected chi connectivity index (χ4v) is 4.04. The predicted molar refractivity (Wildman–Crippen MR) is 134 cm³/mol. The summed E-state index contributed by atoms with van der Waals surface area (Å²) in [5.41, 5.74) is -0.640. The third kappa shape index (κ3) is 6.71. The van der Waals surface area contributed by atoms with Crippen LogP contribution >= 0.6 is 0 Å². The number of aliphatic hydroxyl groups is 1. The van der Waals surface area contributed by atoms with E-state index in [0.717, 1.165) is 4.57 Å². The zero-order valence-electron chi connectivity index (χ0n) is 22.2. The molecule has 0 radical (unpaired) electrons. The number of methoxy groups -OCH3 is 4. The Morgan fingerprint density at radius 2 is 1.72 bits per heavy atom. The molecule has 1 aliphatic heterocycles. The molecule has 14 nitrogen and oxygen atoms in total. The van der Waals surface area contributed by atoms with Crippen LogP contribution in [0.4, 0.5) is 5.82 Å². The van der Waals surface area contributed by atoms with Crippen molar-refractivity contribution in [1.29, 1.82) is 0 Å². The molecule has 0 bridgehead atoms. The van der Waals surface area contributed by atoms with Gasteiger partial charge in [0.2, 0.25) is 5.75 Å². The summed E-state index contributed by atoms with van der Waals surface area (Å²) in [5, 5.41) is 12.3. The highest BCUT2D eigenvalue weighted by atomic mass is 16.6. The van der Waals surface area contributed by atoms with E-state index in [0.29, 0.717) is 5.75 Å². The number of nitrogens with zero attached hydrogens (tertiary/aromatic N) is 2. The molecule has 4 unspecified atom stereocenters.